The van der Waals surface area contributed by atoms with Crippen molar-refractivity contribution in [3.63, 3.8) is 0 Å². The number of pyridine rings is 1. The van der Waals surface area contributed by atoms with Crippen LogP contribution in [0.15, 0.2) is 77.1 Å². The minimum absolute atomic E-state index is 0.268. The Hall–Kier alpha value is -3.89. The van der Waals surface area contributed by atoms with Crippen LogP contribution in [0.25, 0.3) is 10.9 Å². The number of hydrazine groups is 1. The number of rotatable bonds is 8. The van der Waals surface area contributed by atoms with Gasteiger partial charge in [-0.05, 0) is 43.7 Å². The maximum atomic E-state index is 11.6. The molecule has 0 spiro atoms. The SMILES string of the molecule is C#C/C=C(\C=C/CC)C1N=C(N/C(=C\C)COc2cccc3ncccc23)N(C=O)N1. The van der Waals surface area contributed by atoms with Crippen molar-refractivity contribution < 1.29 is 9.53 Å². The lowest BCUT2D eigenvalue weighted by Gasteiger charge is -2.17. The third-order valence-corrected chi connectivity index (χ3v) is 4.57. The van der Waals surface area contributed by atoms with E-state index in [1.165, 1.54) is 5.01 Å². The maximum absolute atomic E-state index is 11.6. The van der Waals surface area contributed by atoms with Crippen LogP contribution in [0.2, 0.25) is 0 Å². The molecule has 1 unspecified atom stereocenters. The van der Waals surface area contributed by atoms with E-state index in [0.717, 1.165) is 34.3 Å². The second-order valence-electron chi connectivity index (χ2n) is 6.64. The van der Waals surface area contributed by atoms with Gasteiger partial charge >= 0.3 is 0 Å². The topological polar surface area (TPSA) is 78.9 Å². The number of carbonyl (C=O) groups is 1. The second kappa shape index (κ2) is 10.8. The van der Waals surface area contributed by atoms with Gasteiger partial charge in [-0.2, -0.15) is 5.43 Å². The number of allylic oxidation sites excluding steroid dienone is 3. The first kappa shape index (κ1) is 21.8. The van der Waals surface area contributed by atoms with Crippen molar-refractivity contribution in [1.29, 1.82) is 0 Å². The van der Waals surface area contributed by atoms with E-state index in [4.69, 9.17) is 11.2 Å². The fraction of sp³-hybridized carbons (Fsp3) is 0.208. The number of ether oxygens (including phenoxy) is 1. The lowest BCUT2D eigenvalue weighted by atomic mass is 10.1. The van der Waals surface area contributed by atoms with Gasteiger partial charge in [-0.15, -0.1) is 6.42 Å². The van der Waals surface area contributed by atoms with Crippen LogP contribution in [0.1, 0.15) is 20.3 Å². The van der Waals surface area contributed by atoms with E-state index in [2.05, 4.69) is 26.6 Å². The smallest absolute Gasteiger partial charge is 0.231 e. The van der Waals surface area contributed by atoms with Gasteiger partial charge in [0.25, 0.3) is 0 Å². The van der Waals surface area contributed by atoms with Gasteiger partial charge in [0.15, 0.2) is 0 Å². The number of carbonyl (C=O) groups excluding carboxylic acids is 1. The first-order chi connectivity index (χ1) is 15.2. The Bertz CT molecular complexity index is 1090. The van der Waals surface area contributed by atoms with Crippen molar-refractivity contribution >= 4 is 23.3 Å². The number of aliphatic imine (C=N–C) groups is 1. The Morgan fingerprint density at radius 1 is 1.39 bits per heavy atom. The van der Waals surface area contributed by atoms with Gasteiger partial charge in [-0.1, -0.05) is 37.1 Å². The summed E-state index contributed by atoms with van der Waals surface area (Å²) < 4.78 is 6.02. The molecule has 1 aromatic heterocycles. The Kier molecular flexibility index (Phi) is 7.57. The molecule has 1 amide bonds. The number of nitrogens with one attached hydrogen (secondary N) is 2. The van der Waals surface area contributed by atoms with Crippen molar-refractivity contribution in [3.05, 3.63) is 72.1 Å². The van der Waals surface area contributed by atoms with E-state index in [9.17, 15) is 4.79 Å². The fourth-order valence-electron chi connectivity index (χ4n) is 2.99. The molecule has 2 heterocycles. The molecule has 0 saturated carbocycles. The largest absolute Gasteiger partial charge is 0.487 e. The molecule has 0 saturated heterocycles. The number of hydrogen-bond donors (Lipinski definition) is 2. The Morgan fingerprint density at radius 2 is 2.26 bits per heavy atom. The molecule has 7 nitrogen and oxygen atoms in total. The molecule has 0 bridgehead atoms. The predicted octanol–water partition coefficient (Wildman–Crippen LogP) is 3.29. The highest BCUT2D eigenvalue weighted by molar-refractivity contribution is 5.91. The van der Waals surface area contributed by atoms with Gasteiger partial charge in [-0.25, -0.2) is 10.0 Å². The minimum atomic E-state index is -0.463. The average Bonchev–Trinajstić information content (AvgIpc) is 3.22. The van der Waals surface area contributed by atoms with E-state index < -0.39 is 6.17 Å². The van der Waals surface area contributed by atoms with Crippen LogP contribution in [0.4, 0.5) is 0 Å². The number of amides is 1. The molecule has 7 heteroatoms. The standard InChI is InChI=1S/C24H25N5O2/c1-4-7-11-18(10-5-2)23-27-24(29(17-30)28-23)26-19(6-3)16-31-22-14-8-13-21-20(22)12-9-15-25-21/h2,6-15,17,23,28H,4,16H2,1,3H3,(H,26,27)/b11-7-,18-10+,19-6-. The van der Waals surface area contributed by atoms with Crippen molar-refractivity contribution in [2.75, 3.05) is 6.61 Å². The Balaban J connectivity index is 1.74. The Morgan fingerprint density at radius 3 is 3.00 bits per heavy atom. The van der Waals surface area contributed by atoms with Crippen LogP contribution in [0.5, 0.6) is 5.75 Å². The summed E-state index contributed by atoms with van der Waals surface area (Å²) in [5.41, 5.74) is 5.42. The van der Waals surface area contributed by atoms with E-state index in [-0.39, 0.29) is 6.61 Å². The first-order valence-electron chi connectivity index (χ1n) is 10.00. The number of fused-ring (bicyclic) bond motifs is 1. The van der Waals surface area contributed by atoms with Crippen molar-refractivity contribution in [1.82, 2.24) is 20.7 Å². The zero-order valence-corrected chi connectivity index (χ0v) is 17.6. The summed E-state index contributed by atoms with van der Waals surface area (Å²) in [5, 5.41) is 5.39. The van der Waals surface area contributed by atoms with Gasteiger partial charge in [0.05, 0.1) is 11.2 Å². The van der Waals surface area contributed by atoms with E-state index in [1.54, 1.807) is 12.3 Å². The van der Waals surface area contributed by atoms with E-state index in [1.807, 2.05) is 62.4 Å². The normalized spacial score (nSPS) is 17.0. The number of terminal acetylenes is 1. The highest BCUT2D eigenvalue weighted by Crippen LogP contribution is 2.24. The summed E-state index contributed by atoms with van der Waals surface area (Å²) >= 11 is 0. The van der Waals surface area contributed by atoms with Crippen molar-refractivity contribution in [3.8, 4) is 18.1 Å². The molecule has 1 aliphatic heterocycles. The summed E-state index contributed by atoms with van der Waals surface area (Å²) in [6.07, 6.45) is 15.6. The molecule has 0 aliphatic carbocycles. The van der Waals surface area contributed by atoms with Gasteiger partial charge in [0.1, 0.15) is 18.5 Å². The van der Waals surface area contributed by atoms with Gasteiger partial charge in [0, 0.05) is 17.2 Å². The highest BCUT2D eigenvalue weighted by atomic mass is 16.5. The molecule has 0 fully saturated rings. The zero-order chi connectivity index (χ0) is 22.1. The van der Waals surface area contributed by atoms with Crippen LogP contribution in [0, 0.1) is 12.3 Å². The van der Waals surface area contributed by atoms with Crippen LogP contribution >= 0.6 is 0 Å². The molecule has 1 atom stereocenters. The van der Waals surface area contributed by atoms with E-state index in [0.29, 0.717) is 12.4 Å². The van der Waals surface area contributed by atoms with E-state index >= 15 is 0 Å². The molecule has 1 aromatic carbocycles. The number of aromatic nitrogens is 1. The summed E-state index contributed by atoms with van der Waals surface area (Å²) in [6, 6.07) is 9.58. The quantitative estimate of drug-likeness (QED) is 0.393. The molecule has 2 N–H and O–H groups in total. The third-order valence-electron chi connectivity index (χ3n) is 4.57. The molecule has 2 aromatic rings. The molecule has 158 valence electrons. The van der Waals surface area contributed by atoms with Crippen LogP contribution in [-0.2, 0) is 4.79 Å². The highest BCUT2D eigenvalue weighted by Gasteiger charge is 2.26. The molecule has 31 heavy (non-hydrogen) atoms. The van der Waals surface area contributed by atoms with Crippen LogP contribution in [-0.4, -0.2) is 35.1 Å². The lowest BCUT2D eigenvalue weighted by Crippen LogP contribution is -2.45. The van der Waals surface area contributed by atoms with Crippen molar-refractivity contribution in [2.24, 2.45) is 4.99 Å². The maximum Gasteiger partial charge on any atom is 0.231 e. The van der Waals surface area contributed by atoms with Crippen LogP contribution < -0.4 is 15.5 Å². The number of guanidine groups is 1. The van der Waals surface area contributed by atoms with Crippen LogP contribution in [0.3, 0.4) is 0 Å². The third kappa shape index (κ3) is 5.38. The summed E-state index contributed by atoms with van der Waals surface area (Å²) in [5.74, 6) is 3.61. The number of nitrogens with zero attached hydrogens (tertiary/aromatic N) is 3. The fourth-order valence-corrected chi connectivity index (χ4v) is 2.99. The predicted molar refractivity (Wildman–Crippen MR) is 123 cm³/mol. The zero-order valence-electron chi connectivity index (χ0n) is 17.6. The van der Waals surface area contributed by atoms with Gasteiger partial charge in [-0.3, -0.25) is 9.78 Å². The molecular weight excluding hydrogens is 390 g/mol. The summed E-state index contributed by atoms with van der Waals surface area (Å²) in [4.78, 5) is 20.5. The second-order valence-corrected chi connectivity index (χ2v) is 6.64. The first-order valence-corrected chi connectivity index (χ1v) is 10.00. The molecule has 1 aliphatic rings. The van der Waals surface area contributed by atoms with Gasteiger partial charge in [0.2, 0.25) is 12.4 Å². The summed E-state index contributed by atoms with van der Waals surface area (Å²) in [6.45, 7) is 4.18. The number of benzene rings is 1. The monoisotopic (exact) mass is 415 g/mol. The number of hydrogen-bond acceptors (Lipinski definition) is 6. The molecular formula is C24H25N5O2. The lowest BCUT2D eigenvalue weighted by molar-refractivity contribution is -0.116. The molecule has 0 radical (unpaired) electrons. The average molecular weight is 415 g/mol. The van der Waals surface area contributed by atoms with Gasteiger partial charge < -0.3 is 10.1 Å². The minimum Gasteiger partial charge on any atom is -0.487 e. The molecule has 3 rings (SSSR count). The van der Waals surface area contributed by atoms with Crippen molar-refractivity contribution in [2.45, 2.75) is 26.4 Å². The summed E-state index contributed by atoms with van der Waals surface area (Å²) in [7, 11) is 0. The Labute approximate surface area is 182 Å².